The van der Waals surface area contributed by atoms with Crippen LogP contribution in [0.25, 0.3) is 89.2 Å². The fourth-order valence-corrected chi connectivity index (χ4v) is 8.38. The van der Waals surface area contributed by atoms with Crippen molar-refractivity contribution < 1.29 is 0 Å². The van der Waals surface area contributed by atoms with Gasteiger partial charge in [-0.05, 0) is 81.6 Å². The molecule has 58 heavy (non-hydrogen) atoms. The third-order valence-corrected chi connectivity index (χ3v) is 11.5. The summed E-state index contributed by atoms with van der Waals surface area (Å²) < 4.78 is 4.71. The smallest absolute Gasteiger partial charge is 0.238 e. The molecule has 0 fully saturated rings. The minimum atomic E-state index is -0.0421. The highest BCUT2D eigenvalue weighted by Crippen LogP contribution is 2.44. The van der Waals surface area contributed by atoms with Gasteiger partial charge in [-0.2, -0.15) is 9.97 Å². The molecule has 3 aromatic heterocycles. The molecule has 5 nitrogen and oxygen atoms in total. The Labute approximate surface area is 339 Å². The van der Waals surface area contributed by atoms with Crippen LogP contribution in [0, 0.1) is 0 Å². The van der Waals surface area contributed by atoms with Crippen LogP contribution < -0.4 is 0 Å². The third-order valence-electron chi connectivity index (χ3n) is 11.5. The van der Waals surface area contributed by atoms with Crippen LogP contribution in [0.3, 0.4) is 0 Å². The molecule has 3 heterocycles. The van der Waals surface area contributed by atoms with Gasteiger partial charge in [0.2, 0.25) is 5.95 Å². The molecule has 10 rings (SSSR count). The molecule has 0 aliphatic carbocycles. The molecular formula is C53H45N5. The number of rotatable bonds is 5. The standard InChI is InChI=1S/C53H45N5/c1-52(2,3)38-25-28-44-42(32-38)41-27-30-46-47(43-33-39(53(4,5)6)26-29-45(43)57(46)40-23-14-9-15-24-40)48(41)58(44)51-55-49(35-19-12-8-13-20-35)54-50(56-51)37-22-16-21-36(31-37)34-17-10-7-11-18-34/h7-33H,1-6H3. The van der Waals surface area contributed by atoms with Crippen LogP contribution >= 0.6 is 0 Å². The SMILES string of the molecule is CC(C)(C)c1ccc2c(c1)c1c(ccc3c4cc(C(C)(C)C)ccc4n(-c4nc(-c5ccccc5)nc(-c5cccc(-c6ccccc6)c5)n4)c31)n2-c1ccccc1. The second-order valence-electron chi connectivity index (χ2n) is 17.4. The van der Waals surface area contributed by atoms with Crippen LogP contribution in [0.2, 0.25) is 0 Å². The first-order chi connectivity index (χ1) is 28.0. The van der Waals surface area contributed by atoms with Crippen LogP contribution in [0.5, 0.6) is 0 Å². The van der Waals surface area contributed by atoms with E-state index < -0.39 is 0 Å². The molecule has 7 aromatic carbocycles. The minimum absolute atomic E-state index is 0.0394. The van der Waals surface area contributed by atoms with Gasteiger partial charge >= 0.3 is 0 Å². The summed E-state index contributed by atoms with van der Waals surface area (Å²) in [4.78, 5) is 16.0. The van der Waals surface area contributed by atoms with Crippen LogP contribution in [-0.4, -0.2) is 24.1 Å². The average Bonchev–Trinajstić information content (AvgIpc) is 3.76. The molecule has 5 heteroatoms. The molecule has 0 bridgehead atoms. The summed E-state index contributed by atoms with van der Waals surface area (Å²) in [6.45, 7) is 13.7. The highest BCUT2D eigenvalue weighted by molar-refractivity contribution is 6.26. The first kappa shape index (κ1) is 35.6. The van der Waals surface area contributed by atoms with Crippen LogP contribution in [-0.2, 0) is 10.8 Å². The zero-order chi connectivity index (χ0) is 39.8. The van der Waals surface area contributed by atoms with Gasteiger partial charge in [0.15, 0.2) is 11.6 Å². The summed E-state index contributed by atoms with van der Waals surface area (Å²) >= 11 is 0. The number of aromatic nitrogens is 5. The maximum absolute atomic E-state index is 5.42. The summed E-state index contributed by atoms with van der Waals surface area (Å²) in [5.74, 6) is 1.83. The van der Waals surface area contributed by atoms with Crippen LogP contribution in [0.1, 0.15) is 52.7 Å². The van der Waals surface area contributed by atoms with E-state index in [0.717, 1.165) is 55.4 Å². The average molecular weight is 752 g/mol. The third kappa shape index (κ3) is 5.97. The van der Waals surface area contributed by atoms with Crippen molar-refractivity contribution in [3.8, 4) is 45.5 Å². The molecule has 0 radical (unpaired) electrons. The van der Waals surface area contributed by atoms with Crippen molar-refractivity contribution in [2.75, 3.05) is 0 Å². The monoisotopic (exact) mass is 751 g/mol. The van der Waals surface area contributed by atoms with Crippen molar-refractivity contribution in [3.63, 3.8) is 0 Å². The fraction of sp³-hybridized carbons (Fsp3) is 0.151. The van der Waals surface area contributed by atoms with Crippen molar-refractivity contribution in [2.24, 2.45) is 0 Å². The summed E-state index contributed by atoms with van der Waals surface area (Å²) in [6, 6.07) is 58.4. The van der Waals surface area contributed by atoms with E-state index in [-0.39, 0.29) is 10.8 Å². The lowest BCUT2D eigenvalue weighted by Crippen LogP contribution is -2.11. The molecule has 0 atom stereocenters. The fourth-order valence-electron chi connectivity index (χ4n) is 8.38. The molecule has 282 valence electrons. The van der Waals surface area contributed by atoms with E-state index in [1.165, 1.54) is 27.3 Å². The van der Waals surface area contributed by atoms with E-state index in [0.29, 0.717) is 17.6 Å². The van der Waals surface area contributed by atoms with Crippen LogP contribution in [0.15, 0.2) is 164 Å². The van der Waals surface area contributed by atoms with E-state index >= 15 is 0 Å². The Morgan fingerprint density at radius 3 is 1.53 bits per heavy atom. The zero-order valence-corrected chi connectivity index (χ0v) is 33.8. The highest BCUT2D eigenvalue weighted by atomic mass is 15.2. The molecule has 10 aromatic rings. The second-order valence-corrected chi connectivity index (χ2v) is 17.4. The number of hydrogen-bond acceptors (Lipinski definition) is 3. The van der Waals surface area contributed by atoms with Crippen molar-refractivity contribution in [1.29, 1.82) is 0 Å². The van der Waals surface area contributed by atoms with Gasteiger partial charge in [-0.15, -0.1) is 0 Å². The van der Waals surface area contributed by atoms with Gasteiger partial charge in [0.25, 0.3) is 0 Å². The summed E-state index contributed by atoms with van der Waals surface area (Å²) in [5.41, 5.74) is 12.1. The number of benzene rings is 7. The molecule has 0 amide bonds. The molecule has 0 aliphatic rings. The largest absolute Gasteiger partial charge is 0.309 e. The van der Waals surface area contributed by atoms with Crippen molar-refractivity contribution in [1.82, 2.24) is 24.1 Å². The quantitative estimate of drug-likeness (QED) is 0.176. The van der Waals surface area contributed by atoms with Crippen LogP contribution in [0.4, 0.5) is 0 Å². The van der Waals surface area contributed by atoms with Gasteiger partial charge < -0.3 is 4.57 Å². The van der Waals surface area contributed by atoms with Gasteiger partial charge in [0, 0.05) is 38.4 Å². The molecular weight excluding hydrogens is 707 g/mol. The Balaban J connectivity index is 1.36. The maximum atomic E-state index is 5.42. The van der Waals surface area contributed by atoms with E-state index in [4.69, 9.17) is 15.0 Å². The first-order valence-corrected chi connectivity index (χ1v) is 20.1. The van der Waals surface area contributed by atoms with E-state index in [1.54, 1.807) is 0 Å². The highest BCUT2D eigenvalue weighted by Gasteiger charge is 2.26. The summed E-state index contributed by atoms with van der Waals surface area (Å²) in [6.07, 6.45) is 0. The van der Waals surface area contributed by atoms with Gasteiger partial charge in [-0.1, -0.05) is 157 Å². The van der Waals surface area contributed by atoms with E-state index in [1.807, 2.05) is 24.3 Å². The lowest BCUT2D eigenvalue weighted by Gasteiger charge is -2.19. The normalized spacial score (nSPS) is 12.3. The van der Waals surface area contributed by atoms with Gasteiger partial charge in [0.1, 0.15) is 0 Å². The number of hydrogen-bond donors (Lipinski definition) is 0. The Bertz CT molecular complexity index is 3160. The molecule has 0 N–H and O–H groups in total. The lowest BCUT2D eigenvalue weighted by molar-refractivity contribution is 0.591. The summed E-state index contributed by atoms with van der Waals surface area (Å²) in [7, 11) is 0. The molecule has 0 saturated heterocycles. The topological polar surface area (TPSA) is 48.5 Å². The Morgan fingerprint density at radius 2 is 0.897 bits per heavy atom. The van der Waals surface area contributed by atoms with Crippen molar-refractivity contribution in [2.45, 2.75) is 52.4 Å². The van der Waals surface area contributed by atoms with Crippen molar-refractivity contribution >= 4 is 43.6 Å². The molecule has 0 saturated carbocycles. The minimum Gasteiger partial charge on any atom is -0.309 e. The van der Waals surface area contributed by atoms with E-state index in [9.17, 15) is 0 Å². The number of para-hydroxylation sites is 1. The van der Waals surface area contributed by atoms with Gasteiger partial charge in [0.05, 0.1) is 22.1 Å². The van der Waals surface area contributed by atoms with Gasteiger partial charge in [-0.3, -0.25) is 4.57 Å². The predicted molar refractivity (Wildman–Crippen MR) is 242 cm³/mol. The second kappa shape index (κ2) is 13.4. The number of nitrogens with zero attached hydrogens (tertiary/aromatic N) is 5. The van der Waals surface area contributed by atoms with Crippen molar-refractivity contribution in [3.05, 3.63) is 175 Å². The molecule has 0 unspecified atom stereocenters. The van der Waals surface area contributed by atoms with E-state index in [2.05, 4.69) is 190 Å². The number of fused-ring (bicyclic) bond motifs is 7. The maximum Gasteiger partial charge on any atom is 0.238 e. The Kier molecular flexibility index (Phi) is 8.20. The molecule has 0 spiro atoms. The molecule has 0 aliphatic heterocycles. The summed E-state index contributed by atoms with van der Waals surface area (Å²) in [5, 5.41) is 4.71. The first-order valence-electron chi connectivity index (χ1n) is 20.1. The Hall–Kier alpha value is -6.85. The predicted octanol–water partition coefficient (Wildman–Crippen LogP) is 13.7. The van der Waals surface area contributed by atoms with Gasteiger partial charge in [-0.25, -0.2) is 4.98 Å². The Morgan fingerprint density at radius 1 is 0.379 bits per heavy atom. The lowest BCUT2D eigenvalue weighted by atomic mass is 9.86. The zero-order valence-electron chi connectivity index (χ0n) is 33.8.